The van der Waals surface area contributed by atoms with Crippen molar-refractivity contribution in [3.05, 3.63) is 33.3 Å². The van der Waals surface area contributed by atoms with Crippen LogP contribution in [0.4, 0.5) is 0 Å². The lowest BCUT2D eigenvalue weighted by atomic mass is 10.0. The Bertz CT molecular complexity index is 608. The third kappa shape index (κ3) is 3.69. The Balaban J connectivity index is 2.15. The third-order valence-corrected chi connectivity index (χ3v) is 4.08. The lowest BCUT2D eigenvalue weighted by Gasteiger charge is -2.10. The molecule has 21 heavy (non-hydrogen) atoms. The van der Waals surface area contributed by atoms with Crippen LogP contribution in [0.1, 0.15) is 39.1 Å². The number of Topliss-reactive ketones (excluding diaryl/α,β-unsaturated/α-hetero) is 1. The number of nitrogens with one attached hydrogen (secondary N) is 1. The summed E-state index contributed by atoms with van der Waals surface area (Å²) in [6, 6.07) is 3.16. The zero-order valence-corrected chi connectivity index (χ0v) is 13.5. The van der Waals surface area contributed by atoms with Crippen LogP contribution >= 0.6 is 15.9 Å². The van der Waals surface area contributed by atoms with Gasteiger partial charge in [-0.05, 0) is 53.4 Å². The maximum Gasteiger partial charge on any atom is 0.339 e. The highest BCUT2D eigenvalue weighted by Crippen LogP contribution is 2.29. The number of methoxy groups -OCH3 is 1. The van der Waals surface area contributed by atoms with Crippen molar-refractivity contribution in [1.29, 1.82) is 0 Å². The average molecular weight is 354 g/mol. The smallest absolute Gasteiger partial charge is 0.339 e. The molecule has 112 valence electrons. The van der Waals surface area contributed by atoms with Gasteiger partial charge in [-0.15, -0.1) is 0 Å². The Morgan fingerprint density at radius 1 is 1.29 bits per heavy atom. The van der Waals surface area contributed by atoms with Crippen LogP contribution in [0.25, 0.3) is 0 Å². The minimum absolute atomic E-state index is 0.0343. The average Bonchev–Trinajstić information content (AvgIpc) is 3.28. The van der Waals surface area contributed by atoms with E-state index < -0.39 is 5.97 Å². The summed E-state index contributed by atoms with van der Waals surface area (Å²) in [5.41, 5.74) is 1.36. The van der Waals surface area contributed by atoms with E-state index in [-0.39, 0.29) is 29.7 Å². The highest BCUT2D eigenvalue weighted by atomic mass is 79.9. The van der Waals surface area contributed by atoms with Crippen molar-refractivity contribution in [2.24, 2.45) is 5.92 Å². The molecule has 0 aromatic heterocycles. The highest BCUT2D eigenvalue weighted by Gasteiger charge is 2.29. The van der Waals surface area contributed by atoms with Crippen molar-refractivity contribution in [2.75, 3.05) is 13.7 Å². The first kappa shape index (κ1) is 15.7. The number of halogens is 1. The van der Waals surface area contributed by atoms with E-state index in [4.69, 9.17) is 0 Å². The number of aryl methyl sites for hydroxylation is 1. The molecule has 6 heteroatoms. The number of carbonyl (C=O) groups is 3. The number of amides is 1. The summed E-state index contributed by atoms with van der Waals surface area (Å²) in [6.45, 7) is 1.80. The number of ketones is 1. The Morgan fingerprint density at radius 2 is 1.95 bits per heavy atom. The lowest BCUT2D eigenvalue weighted by Crippen LogP contribution is -2.31. The van der Waals surface area contributed by atoms with Gasteiger partial charge in [0.1, 0.15) is 0 Å². The number of ether oxygens (including phenoxy) is 1. The predicted molar refractivity (Wildman–Crippen MR) is 80.3 cm³/mol. The summed E-state index contributed by atoms with van der Waals surface area (Å²) in [7, 11) is 1.28. The van der Waals surface area contributed by atoms with Gasteiger partial charge in [0, 0.05) is 16.0 Å². The molecule has 0 spiro atoms. The maximum absolute atomic E-state index is 12.2. The summed E-state index contributed by atoms with van der Waals surface area (Å²) in [5, 5.41) is 2.61. The number of hydrogen-bond acceptors (Lipinski definition) is 4. The minimum Gasteiger partial charge on any atom is -0.465 e. The SMILES string of the molecule is COC(=O)c1cc(C(=O)NCC(=O)C2CC2)c(C)cc1Br. The molecule has 1 aliphatic rings. The van der Waals surface area contributed by atoms with E-state index in [2.05, 4.69) is 26.0 Å². The van der Waals surface area contributed by atoms with Crippen LogP contribution in [0, 0.1) is 12.8 Å². The Morgan fingerprint density at radius 3 is 2.52 bits per heavy atom. The van der Waals surface area contributed by atoms with Crippen LogP contribution in [0.3, 0.4) is 0 Å². The zero-order valence-electron chi connectivity index (χ0n) is 11.9. The van der Waals surface area contributed by atoms with Gasteiger partial charge in [0.25, 0.3) is 5.91 Å². The molecular formula is C15H16BrNO4. The molecule has 1 aromatic rings. The van der Waals surface area contributed by atoms with Crippen molar-refractivity contribution >= 4 is 33.6 Å². The molecule has 2 rings (SSSR count). The van der Waals surface area contributed by atoms with Crippen LogP contribution in [-0.2, 0) is 9.53 Å². The van der Waals surface area contributed by atoms with Crippen LogP contribution in [-0.4, -0.2) is 31.3 Å². The van der Waals surface area contributed by atoms with Crippen LogP contribution in [0.2, 0.25) is 0 Å². The second-order valence-corrected chi connectivity index (χ2v) is 5.92. The van der Waals surface area contributed by atoms with Gasteiger partial charge in [-0.25, -0.2) is 4.79 Å². The topological polar surface area (TPSA) is 72.5 Å². The Kier molecular flexibility index (Phi) is 4.77. The van der Waals surface area contributed by atoms with Crippen molar-refractivity contribution in [3.8, 4) is 0 Å². The molecule has 1 saturated carbocycles. The molecule has 0 atom stereocenters. The maximum atomic E-state index is 12.2. The van der Waals surface area contributed by atoms with E-state index in [1.807, 2.05) is 0 Å². The van der Waals surface area contributed by atoms with Gasteiger partial charge in [0.15, 0.2) is 5.78 Å². The molecule has 0 heterocycles. The van der Waals surface area contributed by atoms with E-state index >= 15 is 0 Å². The number of hydrogen-bond donors (Lipinski definition) is 1. The van der Waals surface area contributed by atoms with Crippen molar-refractivity contribution in [2.45, 2.75) is 19.8 Å². The van der Waals surface area contributed by atoms with Gasteiger partial charge in [-0.3, -0.25) is 9.59 Å². The fourth-order valence-corrected chi connectivity index (χ4v) is 2.62. The summed E-state index contributed by atoms with van der Waals surface area (Å²) in [5.74, 6) is -0.711. The predicted octanol–water partition coefficient (Wildman–Crippen LogP) is 2.25. The van der Waals surface area contributed by atoms with E-state index in [1.165, 1.54) is 13.2 Å². The summed E-state index contributed by atoms with van der Waals surface area (Å²) < 4.78 is 5.24. The fraction of sp³-hybridized carbons (Fsp3) is 0.400. The summed E-state index contributed by atoms with van der Waals surface area (Å²) in [6.07, 6.45) is 1.83. The van der Waals surface area contributed by atoms with Crippen LogP contribution in [0.5, 0.6) is 0 Å². The molecular weight excluding hydrogens is 338 g/mol. The first-order chi connectivity index (χ1) is 9.93. The molecule has 0 unspecified atom stereocenters. The zero-order chi connectivity index (χ0) is 15.6. The van der Waals surface area contributed by atoms with Crippen molar-refractivity contribution in [1.82, 2.24) is 5.32 Å². The Labute approximate surface area is 131 Å². The largest absolute Gasteiger partial charge is 0.465 e. The normalized spacial score (nSPS) is 13.7. The second kappa shape index (κ2) is 6.39. The molecule has 0 radical (unpaired) electrons. The van der Waals surface area contributed by atoms with Gasteiger partial charge in [-0.2, -0.15) is 0 Å². The number of rotatable bonds is 5. The highest BCUT2D eigenvalue weighted by molar-refractivity contribution is 9.10. The fourth-order valence-electron chi connectivity index (χ4n) is 2.00. The monoisotopic (exact) mass is 353 g/mol. The molecule has 0 bridgehead atoms. The Hall–Kier alpha value is -1.69. The molecule has 1 N–H and O–H groups in total. The van der Waals surface area contributed by atoms with E-state index in [1.54, 1.807) is 13.0 Å². The molecule has 1 amide bonds. The van der Waals surface area contributed by atoms with Crippen LogP contribution in [0.15, 0.2) is 16.6 Å². The van der Waals surface area contributed by atoms with E-state index in [0.29, 0.717) is 15.6 Å². The van der Waals surface area contributed by atoms with E-state index in [0.717, 1.165) is 12.8 Å². The second-order valence-electron chi connectivity index (χ2n) is 5.06. The van der Waals surface area contributed by atoms with Crippen molar-refractivity contribution in [3.63, 3.8) is 0 Å². The van der Waals surface area contributed by atoms with E-state index in [9.17, 15) is 14.4 Å². The minimum atomic E-state index is -0.523. The first-order valence-electron chi connectivity index (χ1n) is 6.63. The quantitative estimate of drug-likeness (QED) is 0.824. The first-order valence-corrected chi connectivity index (χ1v) is 7.42. The number of benzene rings is 1. The lowest BCUT2D eigenvalue weighted by molar-refractivity contribution is -0.119. The van der Waals surface area contributed by atoms with Gasteiger partial charge in [0.05, 0.1) is 19.2 Å². The molecule has 1 fully saturated rings. The number of carbonyl (C=O) groups excluding carboxylic acids is 3. The molecule has 5 nitrogen and oxygen atoms in total. The number of esters is 1. The van der Waals surface area contributed by atoms with Gasteiger partial charge in [-0.1, -0.05) is 0 Å². The summed E-state index contributed by atoms with van der Waals surface area (Å²) in [4.78, 5) is 35.4. The molecule has 0 saturated heterocycles. The standard InChI is InChI=1S/C15H16BrNO4/c1-8-5-12(16)11(15(20)21-2)6-10(8)14(19)17-7-13(18)9-3-4-9/h5-6,9H,3-4,7H2,1-2H3,(H,17,19). The third-order valence-electron chi connectivity index (χ3n) is 3.42. The van der Waals surface area contributed by atoms with Gasteiger partial charge >= 0.3 is 5.97 Å². The molecule has 1 aliphatic carbocycles. The van der Waals surface area contributed by atoms with Gasteiger partial charge in [0.2, 0.25) is 0 Å². The molecule has 1 aromatic carbocycles. The van der Waals surface area contributed by atoms with Gasteiger partial charge < -0.3 is 10.1 Å². The van der Waals surface area contributed by atoms with Crippen LogP contribution < -0.4 is 5.32 Å². The van der Waals surface area contributed by atoms with Crippen molar-refractivity contribution < 1.29 is 19.1 Å². The summed E-state index contributed by atoms with van der Waals surface area (Å²) >= 11 is 3.27. The molecule has 0 aliphatic heterocycles.